The molecule has 1 aromatic rings. The zero-order chi connectivity index (χ0) is 12.3. The highest BCUT2D eigenvalue weighted by molar-refractivity contribution is 5.90. The van der Waals surface area contributed by atoms with E-state index in [1.807, 2.05) is 6.92 Å². The van der Waals surface area contributed by atoms with Crippen LogP contribution in [-0.2, 0) is 17.6 Å². The molecule has 0 aromatic carbocycles. The number of nitrogens with one attached hydrogen (secondary N) is 1. The second kappa shape index (κ2) is 5.21. The molecule has 3 heteroatoms. The van der Waals surface area contributed by atoms with Crippen LogP contribution in [0.15, 0.2) is 6.08 Å². The molecule has 1 N–H and O–H groups in total. The third-order valence-electron chi connectivity index (χ3n) is 3.08. The van der Waals surface area contributed by atoms with Gasteiger partial charge in [0.1, 0.15) is 5.69 Å². The number of rotatable bonds is 4. The monoisotopic (exact) mass is 233 g/mol. The molecule has 1 aliphatic carbocycles. The molecular weight excluding hydrogens is 214 g/mol. The van der Waals surface area contributed by atoms with E-state index in [0.29, 0.717) is 12.3 Å². The normalized spacial score (nSPS) is 13.5. The van der Waals surface area contributed by atoms with E-state index >= 15 is 0 Å². The SMILES string of the molecule is CCCc1c(C(=O)OCC)[nH]c2c1CCC=C2. The second-order valence-corrected chi connectivity index (χ2v) is 4.28. The Morgan fingerprint density at radius 3 is 3.00 bits per heavy atom. The van der Waals surface area contributed by atoms with Crippen LogP contribution in [0, 0.1) is 0 Å². The molecule has 0 saturated carbocycles. The Kier molecular flexibility index (Phi) is 3.67. The van der Waals surface area contributed by atoms with E-state index in [1.54, 1.807) is 0 Å². The summed E-state index contributed by atoms with van der Waals surface area (Å²) in [6.45, 7) is 4.39. The fraction of sp³-hybridized carbons (Fsp3) is 0.500. The molecule has 2 rings (SSSR count). The average molecular weight is 233 g/mol. The van der Waals surface area contributed by atoms with Crippen molar-refractivity contribution in [3.8, 4) is 0 Å². The van der Waals surface area contributed by atoms with Crippen molar-refractivity contribution in [3.05, 3.63) is 28.6 Å². The lowest BCUT2D eigenvalue weighted by molar-refractivity contribution is 0.0519. The van der Waals surface area contributed by atoms with Gasteiger partial charge in [-0.3, -0.25) is 0 Å². The number of hydrogen-bond acceptors (Lipinski definition) is 2. The summed E-state index contributed by atoms with van der Waals surface area (Å²) >= 11 is 0. The molecule has 17 heavy (non-hydrogen) atoms. The number of hydrogen-bond donors (Lipinski definition) is 1. The summed E-state index contributed by atoms with van der Waals surface area (Å²) in [6, 6.07) is 0. The van der Waals surface area contributed by atoms with Gasteiger partial charge in [0.15, 0.2) is 0 Å². The maximum atomic E-state index is 11.9. The van der Waals surface area contributed by atoms with Gasteiger partial charge in [-0.15, -0.1) is 0 Å². The van der Waals surface area contributed by atoms with Crippen LogP contribution in [0.5, 0.6) is 0 Å². The molecule has 3 nitrogen and oxygen atoms in total. The zero-order valence-electron chi connectivity index (χ0n) is 10.5. The molecule has 1 heterocycles. The maximum Gasteiger partial charge on any atom is 0.355 e. The fourth-order valence-corrected chi connectivity index (χ4v) is 2.36. The fourth-order valence-electron chi connectivity index (χ4n) is 2.36. The van der Waals surface area contributed by atoms with Crippen molar-refractivity contribution < 1.29 is 9.53 Å². The van der Waals surface area contributed by atoms with E-state index in [0.717, 1.165) is 36.9 Å². The van der Waals surface area contributed by atoms with Gasteiger partial charge in [0, 0.05) is 5.69 Å². The molecule has 0 amide bonds. The third-order valence-corrected chi connectivity index (χ3v) is 3.08. The van der Waals surface area contributed by atoms with E-state index in [9.17, 15) is 4.79 Å². The first-order chi connectivity index (χ1) is 8.27. The summed E-state index contributed by atoms with van der Waals surface area (Å²) in [4.78, 5) is 15.1. The Balaban J connectivity index is 2.40. The van der Waals surface area contributed by atoms with Gasteiger partial charge in [0.25, 0.3) is 0 Å². The van der Waals surface area contributed by atoms with E-state index in [1.165, 1.54) is 5.56 Å². The number of ether oxygens (including phenoxy) is 1. The standard InChI is InChI=1S/C14H19NO2/c1-3-7-11-10-8-5-6-9-12(10)15-13(11)14(16)17-4-2/h6,9,15H,3-5,7-8H2,1-2H3. The summed E-state index contributed by atoms with van der Waals surface area (Å²) in [6.07, 6.45) is 8.28. The van der Waals surface area contributed by atoms with Crippen LogP contribution in [0.2, 0.25) is 0 Å². The largest absolute Gasteiger partial charge is 0.461 e. The number of carbonyl (C=O) groups is 1. The van der Waals surface area contributed by atoms with Crippen molar-refractivity contribution in [1.82, 2.24) is 4.98 Å². The molecule has 0 saturated heterocycles. The Morgan fingerprint density at radius 1 is 1.47 bits per heavy atom. The minimum Gasteiger partial charge on any atom is -0.461 e. The van der Waals surface area contributed by atoms with Crippen LogP contribution in [-0.4, -0.2) is 17.6 Å². The number of fused-ring (bicyclic) bond motifs is 1. The van der Waals surface area contributed by atoms with Gasteiger partial charge in [-0.1, -0.05) is 19.4 Å². The smallest absolute Gasteiger partial charge is 0.355 e. The van der Waals surface area contributed by atoms with E-state index in [4.69, 9.17) is 4.74 Å². The van der Waals surface area contributed by atoms with E-state index < -0.39 is 0 Å². The highest BCUT2D eigenvalue weighted by Gasteiger charge is 2.21. The molecule has 1 aromatic heterocycles. The Morgan fingerprint density at radius 2 is 2.29 bits per heavy atom. The quantitative estimate of drug-likeness (QED) is 0.812. The first kappa shape index (κ1) is 12.0. The van der Waals surface area contributed by atoms with Crippen LogP contribution < -0.4 is 0 Å². The number of esters is 1. The summed E-state index contributed by atoms with van der Waals surface area (Å²) in [5.74, 6) is -0.223. The molecular formula is C14H19NO2. The lowest BCUT2D eigenvalue weighted by Gasteiger charge is -2.08. The summed E-state index contributed by atoms with van der Waals surface area (Å²) in [7, 11) is 0. The van der Waals surface area contributed by atoms with Crippen molar-refractivity contribution in [2.45, 2.75) is 39.5 Å². The van der Waals surface area contributed by atoms with Crippen LogP contribution in [0.1, 0.15) is 54.0 Å². The van der Waals surface area contributed by atoms with Crippen LogP contribution in [0.4, 0.5) is 0 Å². The molecule has 0 unspecified atom stereocenters. The summed E-state index contributed by atoms with van der Waals surface area (Å²) in [5.41, 5.74) is 4.20. The molecule has 0 fully saturated rings. The van der Waals surface area contributed by atoms with Crippen molar-refractivity contribution in [2.24, 2.45) is 0 Å². The lowest BCUT2D eigenvalue weighted by atomic mass is 9.96. The first-order valence-corrected chi connectivity index (χ1v) is 6.35. The van der Waals surface area contributed by atoms with Crippen LogP contribution >= 0.6 is 0 Å². The van der Waals surface area contributed by atoms with Crippen molar-refractivity contribution in [2.75, 3.05) is 6.61 Å². The van der Waals surface area contributed by atoms with Gasteiger partial charge >= 0.3 is 5.97 Å². The molecule has 0 aliphatic heterocycles. The van der Waals surface area contributed by atoms with Gasteiger partial charge in [-0.05, 0) is 43.4 Å². The first-order valence-electron chi connectivity index (χ1n) is 6.35. The van der Waals surface area contributed by atoms with E-state index in [2.05, 4.69) is 24.1 Å². The van der Waals surface area contributed by atoms with Gasteiger partial charge in [0.05, 0.1) is 6.61 Å². The minimum atomic E-state index is -0.223. The lowest BCUT2D eigenvalue weighted by Crippen LogP contribution is -2.08. The predicted octanol–water partition coefficient (Wildman–Crippen LogP) is 3.10. The topological polar surface area (TPSA) is 42.1 Å². The van der Waals surface area contributed by atoms with Gasteiger partial charge in [-0.2, -0.15) is 0 Å². The number of allylic oxidation sites excluding steroid dienone is 1. The van der Waals surface area contributed by atoms with E-state index in [-0.39, 0.29) is 5.97 Å². The summed E-state index contributed by atoms with van der Waals surface area (Å²) < 4.78 is 5.10. The zero-order valence-corrected chi connectivity index (χ0v) is 10.5. The molecule has 0 radical (unpaired) electrons. The van der Waals surface area contributed by atoms with Gasteiger partial charge in [0.2, 0.25) is 0 Å². The van der Waals surface area contributed by atoms with Gasteiger partial charge < -0.3 is 9.72 Å². The number of H-pyrrole nitrogens is 1. The Labute approximate surface area is 102 Å². The Hall–Kier alpha value is -1.51. The van der Waals surface area contributed by atoms with Crippen molar-refractivity contribution in [3.63, 3.8) is 0 Å². The maximum absolute atomic E-state index is 11.9. The van der Waals surface area contributed by atoms with Gasteiger partial charge in [-0.25, -0.2) is 4.79 Å². The second-order valence-electron chi connectivity index (χ2n) is 4.28. The molecule has 0 spiro atoms. The number of aromatic nitrogens is 1. The average Bonchev–Trinajstić information content (AvgIpc) is 2.70. The molecule has 0 bridgehead atoms. The highest BCUT2D eigenvalue weighted by atomic mass is 16.5. The highest BCUT2D eigenvalue weighted by Crippen LogP contribution is 2.27. The van der Waals surface area contributed by atoms with Crippen molar-refractivity contribution in [1.29, 1.82) is 0 Å². The molecule has 92 valence electrons. The molecule has 1 aliphatic rings. The predicted molar refractivity (Wildman–Crippen MR) is 68.1 cm³/mol. The third kappa shape index (κ3) is 2.28. The van der Waals surface area contributed by atoms with Crippen LogP contribution in [0.25, 0.3) is 6.08 Å². The van der Waals surface area contributed by atoms with Crippen LogP contribution in [0.3, 0.4) is 0 Å². The molecule has 0 atom stereocenters. The minimum absolute atomic E-state index is 0.223. The summed E-state index contributed by atoms with van der Waals surface area (Å²) in [5, 5.41) is 0. The number of carbonyl (C=O) groups excluding carboxylic acids is 1. The Bertz CT molecular complexity index is 443. The van der Waals surface area contributed by atoms with Crippen molar-refractivity contribution >= 4 is 12.0 Å². The number of aromatic amines is 1.